The largest absolute Gasteiger partial charge is 0.444 e. The summed E-state index contributed by atoms with van der Waals surface area (Å²) in [5.41, 5.74) is 7.99. The zero-order valence-corrected chi connectivity index (χ0v) is 11.3. The number of ether oxygens (including phenoxy) is 2. The molecule has 1 saturated heterocycles. The van der Waals surface area contributed by atoms with Crippen LogP contribution in [0.15, 0.2) is 5.11 Å². The van der Waals surface area contributed by atoms with E-state index >= 15 is 0 Å². The third-order valence-electron chi connectivity index (χ3n) is 2.67. The summed E-state index contributed by atoms with van der Waals surface area (Å²) in [6, 6.07) is -0.360. The molecule has 0 radical (unpaired) electrons. The lowest BCUT2D eigenvalue weighted by Gasteiger charge is -2.36. The Morgan fingerprint density at radius 2 is 2.17 bits per heavy atom. The van der Waals surface area contributed by atoms with Crippen LogP contribution in [0.3, 0.4) is 0 Å². The van der Waals surface area contributed by atoms with Crippen LogP contribution in [0.25, 0.3) is 10.4 Å². The maximum absolute atomic E-state index is 11.9. The van der Waals surface area contributed by atoms with E-state index < -0.39 is 5.60 Å². The van der Waals surface area contributed by atoms with Crippen LogP contribution < -0.4 is 0 Å². The van der Waals surface area contributed by atoms with E-state index in [4.69, 9.17) is 15.0 Å². The van der Waals surface area contributed by atoms with Crippen molar-refractivity contribution < 1.29 is 14.3 Å². The number of likely N-dealkylation sites (tertiary alicyclic amines) is 1. The minimum Gasteiger partial charge on any atom is -0.444 e. The van der Waals surface area contributed by atoms with Gasteiger partial charge in [0.25, 0.3) is 0 Å². The highest BCUT2D eigenvalue weighted by Gasteiger charge is 2.32. The molecule has 0 N–H and O–H groups in total. The average molecular weight is 256 g/mol. The Hall–Kier alpha value is -1.46. The Labute approximate surface area is 107 Å². The summed E-state index contributed by atoms with van der Waals surface area (Å²) in [6.45, 7) is 6.33. The number of carbonyl (C=O) groups excluding carboxylic acids is 1. The van der Waals surface area contributed by atoms with Crippen LogP contribution in [0.4, 0.5) is 4.79 Å². The predicted octanol–water partition coefficient (Wildman–Crippen LogP) is 2.32. The molecule has 1 heterocycles. The molecule has 7 nitrogen and oxygen atoms in total. The Bertz CT molecular complexity index is 347. The molecule has 0 spiro atoms. The second-order valence-electron chi connectivity index (χ2n) is 5.26. The summed E-state index contributed by atoms with van der Waals surface area (Å²) < 4.78 is 10.5. The lowest BCUT2D eigenvalue weighted by atomic mass is 10.0. The first kappa shape index (κ1) is 14.6. The van der Waals surface area contributed by atoms with Gasteiger partial charge in [-0.1, -0.05) is 5.11 Å². The van der Waals surface area contributed by atoms with Gasteiger partial charge in [-0.15, -0.1) is 0 Å². The smallest absolute Gasteiger partial charge is 0.410 e. The predicted molar refractivity (Wildman–Crippen MR) is 66.2 cm³/mol. The van der Waals surface area contributed by atoms with Crippen LogP contribution in [-0.2, 0) is 9.47 Å². The first-order valence-electron chi connectivity index (χ1n) is 5.92. The molecule has 0 saturated carbocycles. The number of azide groups is 1. The molecule has 0 bridgehead atoms. The lowest BCUT2D eigenvalue weighted by Crippen LogP contribution is -2.50. The highest BCUT2D eigenvalue weighted by atomic mass is 16.6. The Morgan fingerprint density at radius 1 is 1.50 bits per heavy atom. The van der Waals surface area contributed by atoms with Crippen molar-refractivity contribution in [2.75, 3.05) is 20.2 Å². The zero-order chi connectivity index (χ0) is 13.8. The van der Waals surface area contributed by atoms with Crippen molar-refractivity contribution >= 4 is 6.09 Å². The fourth-order valence-electron chi connectivity index (χ4n) is 1.85. The molecule has 2 atom stereocenters. The first-order chi connectivity index (χ1) is 8.37. The molecule has 1 amide bonds. The van der Waals surface area contributed by atoms with Crippen LogP contribution in [0, 0.1) is 0 Å². The van der Waals surface area contributed by atoms with Gasteiger partial charge in [0.2, 0.25) is 0 Å². The third kappa shape index (κ3) is 4.09. The number of piperidine rings is 1. The van der Waals surface area contributed by atoms with Crippen molar-refractivity contribution in [1.82, 2.24) is 4.90 Å². The molecule has 2 unspecified atom stereocenters. The molecule has 1 fully saturated rings. The summed E-state index contributed by atoms with van der Waals surface area (Å²) in [4.78, 5) is 16.2. The lowest BCUT2D eigenvalue weighted by molar-refractivity contribution is -0.00562. The molecular formula is C11H20N4O3. The highest BCUT2D eigenvalue weighted by Crippen LogP contribution is 2.19. The van der Waals surface area contributed by atoms with Crippen LogP contribution in [0.1, 0.15) is 27.2 Å². The standard InChI is InChI=1S/C11H20N4O3/c1-11(2,3)18-10(16)15-6-5-9(17-4)8(7-15)13-14-12/h8-9H,5-7H2,1-4H3. The van der Waals surface area contributed by atoms with Gasteiger partial charge >= 0.3 is 6.09 Å². The number of carbonyl (C=O) groups is 1. The summed E-state index contributed by atoms with van der Waals surface area (Å²) in [5, 5.41) is 3.67. The van der Waals surface area contributed by atoms with Gasteiger partial charge < -0.3 is 14.4 Å². The molecule has 102 valence electrons. The molecule has 18 heavy (non-hydrogen) atoms. The van der Waals surface area contributed by atoms with E-state index in [0.29, 0.717) is 19.5 Å². The van der Waals surface area contributed by atoms with Crippen LogP contribution >= 0.6 is 0 Å². The van der Waals surface area contributed by atoms with Crippen molar-refractivity contribution in [3.63, 3.8) is 0 Å². The molecule has 1 aliphatic rings. The van der Waals surface area contributed by atoms with Crippen LogP contribution in [-0.4, -0.2) is 48.9 Å². The van der Waals surface area contributed by atoms with Gasteiger partial charge in [0.05, 0.1) is 12.1 Å². The van der Waals surface area contributed by atoms with E-state index in [9.17, 15) is 4.79 Å². The summed E-state index contributed by atoms with van der Waals surface area (Å²) in [6.07, 6.45) is 0.120. The normalized spacial score (nSPS) is 24.3. The molecule has 0 aromatic rings. The molecule has 1 aliphatic heterocycles. The van der Waals surface area contributed by atoms with Gasteiger partial charge in [-0.2, -0.15) is 0 Å². The molecule has 0 aliphatic carbocycles. The number of amides is 1. The Kier molecular flexibility index (Phi) is 4.81. The molecule has 7 heteroatoms. The third-order valence-corrected chi connectivity index (χ3v) is 2.67. The van der Waals surface area contributed by atoms with E-state index in [1.54, 1.807) is 12.0 Å². The van der Waals surface area contributed by atoms with Gasteiger partial charge in [-0.05, 0) is 32.7 Å². The van der Waals surface area contributed by atoms with Crippen molar-refractivity contribution in [3.8, 4) is 0 Å². The second kappa shape index (κ2) is 5.93. The Balaban J connectivity index is 2.65. The molecule has 0 aromatic carbocycles. The van der Waals surface area contributed by atoms with Crippen molar-refractivity contribution in [1.29, 1.82) is 0 Å². The topological polar surface area (TPSA) is 87.5 Å². The first-order valence-corrected chi connectivity index (χ1v) is 5.92. The minimum absolute atomic E-state index is 0.139. The van der Waals surface area contributed by atoms with Crippen LogP contribution in [0.5, 0.6) is 0 Å². The van der Waals surface area contributed by atoms with Gasteiger partial charge in [-0.25, -0.2) is 4.79 Å². The van der Waals surface area contributed by atoms with E-state index in [1.165, 1.54) is 0 Å². The van der Waals surface area contributed by atoms with Gasteiger partial charge in [0, 0.05) is 25.1 Å². The van der Waals surface area contributed by atoms with E-state index in [1.807, 2.05) is 20.8 Å². The van der Waals surface area contributed by atoms with Crippen molar-refractivity contribution in [2.24, 2.45) is 5.11 Å². The summed E-state index contributed by atoms with van der Waals surface area (Å²) in [7, 11) is 1.58. The monoisotopic (exact) mass is 256 g/mol. The number of nitrogens with zero attached hydrogens (tertiary/aromatic N) is 4. The maximum atomic E-state index is 11.9. The van der Waals surface area contributed by atoms with Gasteiger partial charge in [0.15, 0.2) is 0 Å². The van der Waals surface area contributed by atoms with Crippen LogP contribution in [0.2, 0.25) is 0 Å². The number of methoxy groups -OCH3 is 1. The summed E-state index contributed by atoms with van der Waals surface area (Å²) in [5.74, 6) is 0. The maximum Gasteiger partial charge on any atom is 0.410 e. The molecular weight excluding hydrogens is 236 g/mol. The molecule has 1 rings (SSSR count). The van der Waals surface area contributed by atoms with Crippen molar-refractivity contribution in [2.45, 2.75) is 44.9 Å². The fourth-order valence-corrected chi connectivity index (χ4v) is 1.85. The average Bonchev–Trinajstić information content (AvgIpc) is 2.27. The van der Waals surface area contributed by atoms with Gasteiger partial charge in [0.1, 0.15) is 5.60 Å². The Morgan fingerprint density at radius 3 is 2.67 bits per heavy atom. The number of hydrogen-bond acceptors (Lipinski definition) is 4. The number of hydrogen-bond donors (Lipinski definition) is 0. The highest BCUT2D eigenvalue weighted by molar-refractivity contribution is 5.68. The zero-order valence-electron chi connectivity index (χ0n) is 11.3. The second-order valence-corrected chi connectivity index (χ2v) is 5.26. The van der Waals surface area contributed by atoms with E-state index in [2.05, 4.69) is 10.0 Å². The van der Waals surface area contributed by atoms with E-state index in [0.717, 1.165) is 0 Å². The fraction of sp³-hybridized carbons (Fsp3) is 0.909. The molecule has 0 aromatic heterocycles. The SMILES string of the molecule is COC1CCN(C(=O)OC(C)(C)C)CC1N=[N+]=[N-]. The van der Waals surface area contributed by atoms with E-state index in [-0.39, 0.29) is 18.2 Å². The van der Waals surface area contributed by atoms with Crippen molar-refractivity contribution in [3.05, 3.63) is 10.4 Å². The minimum atomic E-state index is -0.525. The quantitative estimate of drug-likeness (QED) is 0.431. The number of rotatable bonds is 2. The summed E-state index contributed by atoms with van der Waals surface area (Å²) >= 11 is 0. The van der Waals surface area contributed by atoms with Gasteiger partial charge in [-0.3, -0.25) is 0 Å².